The summed E-state index contributed by atoms with van der Waals surface area (Å²) in [4.78, 5) is 36.2. The summed E-state index contributed by atoms with van der Waals surface area (Å²) >= 11 is 0. The number of hydrogen-bond acceptors (Lipinski definition) is 5. The third-order valence-corrected chi connectivity index (χ3v) is 6.14. The minimum Gasteiger partial charge on any atom is -0.352 e. The summed E-state index contributed by atoms with van der Waals surface area (Å²) in [6.45, 7) is 4.00. The molecule has 1 saturated carbocycles. The zero-order valence-electron chi connectivity index (χ0n) is 17.6. The lowest BCUT2D eigenvalue weighted by molar-refractivity contribution is 0.0707. The van der Waals surface area contributed by atoms with Crippen LogP contribution in [0.5, 0.6) is 0 Å². The molecule has 0 unspecified atom stereocenters. The summed E-state index contributed by atoms with van der Waals surface area (Å²) in [5, 5.41) is 7.25. The van der Waals surface area contributed by atoms with Gasteiger partial charge in [-0.3, -0.25) is 14.6 Å². The van der Waals surface area contributed by atoms with E-state index in [0.717, 1.165) is 30.6 Å². The Bertz CT molecular complexity index is 1120. The molecule has 3 aromatic heterocycles. The molecule has 1 saturated heterocycles. The van der Waals surface area contributed by atoms with Crippen LogP contribution in [0.25, 0.3) is 5.65 Å². The first kappa shape index (κ1) is 19.7. The molecule has 1 aliphatic carbocycles. The first-order valence-corrected chi connectivity index (χ1v) is 10.9. The normalized spacial score (nSPS) is 18.9. The number of likely N-dealkylation sites (tertiary alicyclic amines) is 1. The number of pyridine rings is 1. The van der Waals surface area contributed by atoms with Crippen LogP contribution in [0.15, 0.2) is 36.9 Å². The van der Waals surface area contributed by atoms with E-state index >= 15 is 0 Å². The van der Waals surface area contributed by atoms with Crippen LogP contribution in [-0.4, -0.2) is 55.9 Å². The summed E-state index contributed by atoms with van der Waals surface area (Å²) in [6, 6.07) is 3.76. The van der Waals surface area contributed by atoms with E-state index in [1.807, 2.05) is 30.2 Å². The van der Waals surface area contributed by atoms with Gasteiger partial charge in [-0.15, -0.1) is 0 Å². The predicted octanol–water partition coefficient (Wildman–Crippen LogP) is 2.59. The van der Waals surface area contributed by atoms with Crippen molar-refractivity contribution in [2.75, 3.05) is 19.6 Å². The number of nitrogens with zero attached hydrogens (tertiary/aromatic N) is 5. The van der Waals surface area contributed by atoms with Gasteiger partial charge in [0.05, 0.1) is 11.8 Å². The monoisotopic (exact) mass is 418 g/mol. The van der Waals surface area contributed by atoms with Crippen molar-refractivity contribution in [3.63, 3.8) is 0 Å². The van der Waals surface area contributed by atoms with Crippen molar-refractivity contribution in [2.45, 2.75) is 38.5 Å². The Hall–Kier alpha value is -3.29. The molecule has 1 N–H and O–H groups in total. The van der Waals surface area contributed by atoms with E-state index in [0.29, 0.717) is 35.8 Å². The van der Waals surface area contributed by atoms with Gasteiger partial charge in [0.25, 0.3) is 11.8 Å². The van der Waals surface area contributed by atoms with Crippen molar-refractivity contribution in [2.24, 2.45) is 5.92 Å². The highest BCUT2D eigenvalue weighted by molar-refractivity contribution is 5.99. The Morgan fingerprint density at radius 1 is 1.13 bits per heavy atom. The highest BCUT2D eigenvalue weighted by Crippen LogP contribution is 2.28. The number of rotatable bonds is 5. The molecular formula is C23H26N6O2. The van der Waals surface area contributed by atoms with Gasteiger partial charge in [-0.05, 0) is 56.2 Å². The second-order valence-electron chi connectivity index (χ2n) is 8.67. The van der Waals surface area contributed by atoms with Gasteiger partial charge in [-0.25, -0.2) is 9.50 Å². The van der Waals surface area contributed by atoms with Crippen LogP contribution in [0.4, 0.5) is 0 Å². The third-order valence-electron chi connectivity index (χ3n) is 6.14. The van der Waals surface area contributed by atoms with Crippen LogP contribution < -0.4 is 5.32 Å². The molecule has 31 heavy (non-hydrogen) atoms. The highest BCUT2D eigenvalue weighted by atomic mass is 16.2. The number of piperidine rings is 1. The van der Waals surface area contributed by atoms with Crippen molar-refractivity contribution in [1.82, 2.24) is 29.8 Å². The van der Waals surface area contributed by atoms with Crippen LogP contribution in [-0.2, 0) is 0 Å². The maximum Gasteiger partial charge on any atom is 0.259 e. The first-order chi connectivity index (χ1) is 15.1. The van der Waals surface area contributed by atoms with Gasteiger partial charge < -0.3 is 10.2 Å². The van der Waals surface area contributed by atoms with Gasteiger partial charge >= 0.3 is 0 Å². The molecule has 1 aliphatic heterocycles. The fraction of sp³-hybridized carbons (Fsp3) is 0.435. The molecule has 4 heterocycles. The van der Waals surface area contributed by atoms with Crippen molar-refractivity contribution in [3.05, 3.63) is 59.3 Å². The standard InChI is InChI=1S/C23H26N6O2/c1-15-9-25-21-19(12-27-29(21)13-15)23(31)28-8-2-3-18(14-28)20-7-6-17(11-24-20)22(30)26-10-16-4-5-16/h6-7,9,11-13,16,18H,2-5,8,10,14H2,1H3,(H,26,30)/t18-/m0/s1. The van der Waals surface area contributed by atoms with Gasteiger partial charge in [-0.1, -0.05) is 0 Å². The molecule has 1 atom stereocenters. The molecule has 2 fully saturated rings. The summed E-state index contributed by atoms with van der Waals surface area (Å²) in [7, 11) is 0. The maximum absolute atomic E-state index is 13.2. The Labute approximate surface area is 180 Å². The number of aryl methyl sites for hydroxylation is 1. The van der Waals surface area contributed by atoms with E-state index in [2.05, 4.69) is 20.4 Å². The second-order valence-corrected chi connectivity index (χ2v) is 8.67. The molecule has 0 aromatic carbocycles. The minimum atomic E-state index is -0.0674. The maximum atomic E-state index is 13.2. The van der Waals surface area contributed by atoms with Crippen LogP contribution in [0.1, 0.15) is 63.6 Å². The molecule has 0 radical (unpaired) electrons. The van der Waals surface area contributed by atoms with Gasteiger partial charge in [0, 0.05) is 49.8 Å². The van der Waals surface area contributed by atoms with Crippen molar-refractivity contribution in [3.8, 4) is 0 Å². The SMILES string of the molecule is Cc1cnc2c(C(=O)N3CCC[C@H](c4ccc(C(=O)NCC5CC5)cn4)C3)cnn2c1. The molecule has 2 aliphatic rings. The molecule has 8 nitrogen and oxygen atoms in total. The quantitative estimate of drug-likeness (QED) is 0.688. The number of fused-ring (bicyclic) bond motifs is 1. The average Bonchev–Trinajstić information content (AvgIpc) is 3.55. The lowest BCUT2D eigenvalue weighted by atomic mass is 9.93. The molecular weight excluding hydrogens is 392 g/mol. The van der Waals surface area contributed by atoms with Crippen LogP contribution >= 0.6 is 0 Å². The van der Waals surface area contributed by atoms with Crippen molar-refractivity contribution >= 4 is 17.5 Å². The molecule has 8 heteroatoms. The highest BCUT2D eigenvalue weighted by Gasteiger charge is 2.28. The fourth-order valence-electron chi connectivity index (χ4n) is 4.13. The van der Waals surface area contributed by atoms with Crippen LogP contribution in [0, 0.1) is 12.8 Å². The van der Waals surface area contributed by atoms with E-state index in [9.17, 15) is 9.59 Å². The van der Waals surface area contributed by atoms with Crippen molar-refractivity contribution in [1.29, 1.82) is 0 Å². The van der Waals surface area contributed by atoms with E-state index in [1.54, 1.807) is 23.1 Å². The predicted molar refractivity (Wildman–Crippen MR) is 115 cm³/mol. The zero-order valence-corrected chi connectivity index (χ0v) is 17.6. The molecule has 3 aromatic rings. The topological polar surface area (TPSA) is 92.5 Å². The smallest absolute Gasteiger partial charge is 0.259 e. The van der Waals surface area contributed by atoms with Gasteiger partial charge in [0.2, 0.25) is 0 Å². The van der Waals surface area contributed by atoms with Gasteiger partial charge in [0.15, 0.2) is 5.65 Å². The largest absolute Gasteiger partial charge is 0.352 e. The number of carbonyl (C=O) groups is 2. The number of carbonyl (C=O) groups excluding carboxylic acids is 2. The summed E-state index contributed by atoms with van der Waals surface area (Å²) in [5.74, 6) is 0.682. The van der Waals surface area contributed by atoms with Gasteiger partial charge in [0.1, 0.15) is 5.56 Å². The molecule has 0 bridgehead atoms. The van der Waals surface area contributed by atoms with E-state index in [4.69, 9.17) is 0 Å². The summed E-state index contributed by atoms with van der Waals surface area (Å²) in [5.41, 5.74) is 3.60. The lowest BCUT2D eigenvalue weighted by Gasteiger charge is -2.32. The van der Waals surface area contributed by atoms with Crippen LogP contribution in [0.3, 0.4) is 0 Å². The van der Waals surface area contributed by atoms with Crippen molar-refractivity contribution < 1.29 is 9.59 Å². The second kappa shape index (κ2) is 8.09. The Morgan fingerprint density at radius 3 is 2.77 bits per heavy atom. The summed E-state index contributed by atoms with van der Waals surface area (Å²) < 4.78 is 1.65. The summed E-state index contributed by atoms with van der Waals surface area (Å²) in [6.07, 6.45) is 11.2. The number of nitrogens with one attached hydrogen (secondary N) is 1. The number of hydrogen-bond donors (Lipinski definition) is 1. The minimum absolute atomic E-state index is 0.0490. The number of amides is 2. The fourth-order valence-corrected chi connectivity index (χ4v) is 4.13. The Kier molecular flexibility index (Phi) is 5.13. The molecule has 160 valence electrons. The Morgan fingerprint density at radius 2 is 2.00 bits per heavy atom. The van der Waals surface area contributed by atoms with Gasteiger partial charge in [-0.2, -0.15) is 5.10 Å². The molecule has 2 amide bonds. The zero-order chi connectivity index (χ0) is 21.4. The van der Waals surface area contributed by atoms with E-state index in [1.165, 1.54) is 12.8 Å². The average molecular weight is 419 g/mol. The van der Waals surface area contributed by atoms with E-state index < -0.39 is 0 Å². The molecule has 5 rings (SSSR count). The van der Waals surface area contributed by atoms with E-state index in [-0.39, 0.29) is 17.7 Å². The number of aromatic nitrogens is 4. The van der Waals surface area contributed by atoms with Crippen LogP contribution in [0.2, 0.25) is 0 Å². The Balaban J connectivity index is 1.27. The third kappa shape index (κ3) is 4.15. The molecule has 0 spiro atoms. The lowest BCUT2D eigenvalue weighted by Crippen LogP contribution is -2.39. The first-order valence-electron chi connectivity index (χ1n) is 10.9.